The summed E-state index contributed by atoms with van der Waals surface area (Å²) in [6, 6.07) is 0. The summed E-state index contributed by atoms with van der Waals surface area (Å²) in [7, 11) is 0. The van der Waals surface area contributed by atoms with Crippen molar-refractivity contribution in [2.75, 3.05) is 6.54 Å². The third-order valence-corrected chi connectivity index (χ3v) is 4.82. The summed E-state index contributed by atoms with van der Waals surface area (Å²) < 4.78 is 0. The predicted molar refractivity (Wildman–Crippen MR) is 72.8 cm³/mol. The van der Waals surface area contributed by atoms with E-state index in [1.165, 1.54) is 4.90 Å². The minimum atomic E-state index is -0.943. The van der Waals surface area contributed by atoms with Crippen molar-refractivity contribution in [3.8, 4) is 0 Å². The molecule has 5 nitrogen and oxygen atoms in total. The Balaban J connectivity index is 2.08. The van der Waals surface area contributed by atoms with Crippen molar-refractivity contribution < 1.29 is 19.5 Å². The molecule has 1 aliphatic carbocycles. The summed E-state index contributed by atoms with van der Waals surface area (Å²) in [5.74, 6) is -2.09. The van der Waals surface area contributed by atoms with Gasteiger partial charge in [-0.1, -0.05) is 26.7 Å². The van der Waals surface area contributed by atoms with E-state index >= 15 is 0 Å². The second-order valence-electron chi connectivity index (χ2n) is 6.65. The molecule has 1 heterocycles. The number of aliphatic carboxylic acids is 1. The smallest absolute Gasteiger partial charge is 0.308 e. The molecular formula is C15H23NO4. The molecule has 0 bridgehead atoms. The molecule has 1 N–H and O–H groups in total. The fraction of sp³-hybridized carbons (Fsp3) is 0.800. The highest BCUT2D eigenvalue weighted by molar-refractivity contribution is 5.99. The first-order valence-corrected chi connectivity index (χ1v) is 7.41. The van der Waals surface area contributed by atoms with Gasteiger partial charge in [0.2, 0.25) is 11.8 Å². The first kappa shape index (κ1) is 15.0. The van der Waals surface area contributed by atoms with Gasteiger partial charge in [0.05, 0.1) is 5.92 Å². The number of rotatable bonds is 4. The zero-order valence-electron chi connectivity index (χ0n) is 12.2. The van der Waals surface area contributed by atoms with Crippen molar-refractivity contribution in [2.45, 2.75) is 52.4 Å². The van der Waals surface area contributed by atoms with Crippen LogP contribution in [0.2, 0.25) is 0 Å². The number of carboxylic acids is 1. The Morgan fingerprint density at radius 2 is 1.70 bits per heavy atom. The SMILES string of the molecule is CC(C)C(CN1C(=O)CC2(CCCC2)CC1=O)C(=O)O. The normalized spacial score (nSPS) is 23.6. The lowest BCUT2D eigenvalue weighted by molar-refractivity contribution is -0.156. The van der Waals surface area contributed by atoms with Crippen molar-refractivity contribution in [3.05, 3.63) is 0 Å². The zero-order valence-corrected chi connectivity index (χ0v) is 12.2. The molecule has 0 radical (unpaired) electrons. The lowest BCUT2D eigenvalue weighted by atomic mass is 9.76. The number of hydrogen-bond acceptors (Lipinski definition) is 3. The van der Waals surface area contributed by atoms with Gasteiger partial charge in [-0.05, 0) is 24.2 Å². The van der Waals surface area contributed by atoms with Crippen LogP contribution in [-0.4, -0.2) is 34.3 Å². The van der Waals surface area contributed by atoms with Crippen LogP contribution in [-0.2, 0) is 14.4 Å². The van der Waals surface area contributed by atoms with Gasteiger partial charge < -0.3 is 5.11 Å². The van der Waals surface area contributed by atoms with Gasteiger partial charge in [-0.15, -0.1) is 0 Å². The van der Waals surface area contributed by atoms with E-state index in [1.54, 1.807) is 13.8 Å². The standard InChI is InChI=1S/C15H23NO4/c1-10(2)11(14(19)20)9-16-12(17)7-15(8-13(16)18)5-3-4-6-15/h10-11H,3-9H2,1-2H3,(H,19,20). The molecule has 0 aromatic heterocycles. The molecule has 1 unspecified atom stereocenters. The van der Waals surface area contributed by atoms with E-state index in [0.29, 0.717) is 12.8 Å². The average molecular weight is 281 g/mol. The van der Waals surface area contributed by atoms with E-state index in [0.717, 1.165) is 25.7 Å². The van der Waals surface area contributed by atoms with Gasteiger partial charge in [-0.3, -0.25) is 19.3 Å². The summed E-state index contributed by atoms with van der Waals surface area (Å²) in [5.41, 5.74) is -0.124. The summed E-state index contributed by atoms with van der Waals surface area (Å²) in [6.45, 7) is 3.62. The van der Waals surface area contributed by atoms with Crippen molar-refractivity contribution in [1.29, 1.82) is 0 Å². The van der Waals surface area contributed by atoms with Gasteiger partial charge in [0, 0.05) is 19.4 Å². The molecule has 1 saturated carbocycles. The van der Waals surface area contributed by atoms with E-state index < -0.39 is 11.9 Å². The third kappa shape index (κ3) is 2.86. The Kier molecular flexibility index (Phi) is 4.16. The lowest BCUT2D eigenvalue weighted by Crippen LogP contribution is -2.50. The molecule has 2 amide bonds. The fourth-order valence-corrected chi connectivity index (χ4v) is 3.49. The van der Waals surface area contributed by atoms with Gasteiger partial charge in [0.25, 0.3) is 0 Å². The number of imide groups is 1. The Labute approximate surface area is 119 Å². The maximum absolute atomic E-state index is 12.3. The van der Waals surface area contributed by atoms with E-state index in [1.807, 2.05) is 0 Å². The van der Waals surface area contributed by atoms with Crippen molar-refractivity contribution in [2.24, 2.45) is 17.3 Å². The second kappa shape index (κ2) is 5.54. The molecule has 1 saturated heterocycles. The summed E-state index contributed by atoms with van der Waals surface area (Å²) in [6.07, 6.45) is 4.89. The van der Waals surface area contributed by atoms with Gasteiger partial charge in [-0.2, -0.15) is 0 Å². The maximum atomic E-state index is 12.3. The number of piperidine rings is 1. The Morgan fingerprint density at radius 1 is 1.20 bits per heavy atom. The number of amides is 2. The minimum absolute atomic E-state index is 0.0146. The van der Waals surface area contributed by atoms with Gasteiger partial charge in [0.15, 0.2) is 0 Å². The zero-order chi connectivity index (χ0) is 14.9. The Bertz CT molecular complexity index is 404. The van der Waals surface area contributed by atoms with Crippen molar-refractivity contribution >= 4 is 17.8 Å². The largest absolute Gasteiger partial charge is 0.481 e. The van der Waals surface area contributed by atoms with E-state index in [-0.39, 0.29) is 29.7 Å². The summed E-state index contributed by atoms with van der Waals surface area (Å²) in [4.78, 5) is 36.9. The molecular weight excluding hydrogens is 258 g/mol. The Morgan fingerprint density at radius 3 is 2.10 bits per heavy atom. The maximum Gasteiger partial charge on any atom is 0.308 e. The van der Waals surface area contributed by atoms with Gasteiger partial charge in [-0.25, -0.2) is 0 Å². The van der Waals surface area contributed by atoms with Crippen LogP contribution in [0.4, 0.5) is 0 Å². The number of nitrogens with zero attached hydrogens (tertiary/aromatic N) is 1. The monoisotopic (exact) mass is 281 g/mol. The quantitative estimate of drug-likeness (QED) is 0.800. The van der Waals surface area contributed by atoms with Gasteiger partial charge in [0.1, 0.15) is 0 Å². The highest BCUT2D eigenvalue weighted by atomic mass is 16.4. The first-order valence-electron chi connectivity index (χ1n) is 7.41. The molecule has 2 fully saturated rings. The van der Waals surface area contributed by atoms with Crippen molar-refractivity contribution in [3.63, 3.8) is 0 Å². The molecule has 1 spiro atoms. The van der Waals surface area contributed by atoms with Crippen LogP contribution in [0.5, 0.6) is 0 Å². The summed E-state index contributed by atoms with van der Waals surface area (Å²) >= 11 is 0. The van der Waals surface area contributed by atoms with E-state index in [2.05, 4.69) is 0 Å². The fourth-order valence-electron chi connectivity index (χ4n) is 3.49. The molecule has 0 aromatic carbocycles. The molecule has 1 aliphatic heterocycles. The predicted octanol–water partition coefficient (Wildman–Crippen LogP) is 2.05. The molecule has 2 aliphatic rings. The van der Waals surface area contributed by atoms with Gasteiger partial charge >= 0.3 is 5.97 Å². The number of carboxylic acid groups (broad SMARTS) is 1. The van der Waals surface area contributed by atoms with Crippen molar-refractivity contribution in [1.82, 2.24) is 4.90 Å². The first-order chi connectivity index (χ1) is 9.34. The van der Waals surface area contributed by atoms with Crippen LogP contribution in [0.1, 0.15) is 52.4 Å². The summed E-state index contributed by atoms with van der Waals surface area (Å²) in [5, 5.41) is 9.20. The topological polar surface area (TPSA) is 74.7 Å². The second-order valence-corrected chi connectivity index (χ2v) is 6.65. The van der Waals surface area contributed by atoms with Crippen LogP contribution in [0.25, 0.3) is 0 Å². The third-order valence-electron chi connectivity index (χ3n) is 4.82. The van der Waals surface area contributed by atoms with E-state index in [9.17, 15) is 19.5 Å². The number of likely N-dealkylation sites (tertiary alicyclic amines) is 1. The van der Waals surface area contributed by atoms with E-state index in [4.69, 9.17) is 0 Å². The average Bonchev–Trinajstić information content (AvgIpc) is 2.75. The molecule has 0 aromatic rings. The molecule has 2 rings (SSSR count). The highest BCUT2D eigenvalue weighted by Gasteiger charge is 2.45. The number of carbonyl (C=O) groups excluding carboxylic acids is 2. The van der Waals surface area contributed by atoms with Crippen LogP contribution >= 0.6 is 0 Å². The minimum Gasteiger partial charge on any atom is -0.481 e. The molecule has 112 valence electrons. The Hall–Kier alpha value is -1.39. The number of hydrogen-bond donors (Lipinski definition) is 1. The van der Waals surface area contributed by atoms with Crippen LogP contribution in [0.15, 0.2) is 0 Å². The highest BCUT2D eigenvalue weighted by Crippen LogP contribution is 2.47. The molecule has 1 atom stereocenters. The molecule has 5 heteroatoms. The van der Waals surface area contributed by atoms with Crippen LogP contribution in [0, 0.1) is 17.3 Å². The number of carbonyl (C=O) groups is 3. The lowest BCUT2D eigenvalue weighted by Gasteiger charge is -2.38. The van der Waals surface area contributed by atoms with Crippen LogP contribution in [0.3, 0.4) is 0 Å². The van der Waals surface area contributed by atoms with Crippen LogP contribution < -0.4 is 0 Å². The molecule has 20 heavy (non-hydrogen) atoms.